The quantitative estimate of drug-likeness (QED) is 0.127. The number of aliphatic carboxylic acids is 1. The molecule has 3 fully saturated rings. The van der Waals surface area contributed by atoms with E-state index < -0.39 is 120 Å². The molecule has 366 valence electrons. The van der Waals surface area contributed by atoms with Crippen molar-refractivity contribution in [2.24, 2.45) is 35.0 Å². The fourth-order valence-corrected chi connectivity index (χ4v) is 11.6. The summed E-state index contributed by atoms with van der Waals surface area (Å²) in [6, 6.07) is 5.13. The van der Waals surface area contributed by atoms with E-state index in [0.717, 1.165) is 12.8 Å². The smallest absolute Gasteiger partial charge is 0.379 e. The van der Waals surface area contributed by atoms with Crippen molar-refractivity contribution in [2.45, 2.75) is 159 Å². The number of carbonyl (C=O) groups is 4. The predicted octanol–water partition coefficient (Wildman–Crippen LogP) is 5.28. The van der Waals surface area contributed by atoms with Crippen molar-refractivity contribution >= 4 is 23.9 Å². The molecule has 0 amide bonds. The summed E-state index contributed by atoms with van der Waals surface area (Å²) in [5.74, 6) is -6.77. The maximum Gasteiger partial charge on any atom is 0.379 e. The first-order valence-electron chi connectivity index (χ1n) is 23.6. The van der Waals surface area contributed by atoms with Gasteiger partial charge in [0.15, 0.2) is 23.9 Å². The van der Waals surface area contributed by atoms with Crippen LogP contribution in [-0.4, -0.2) is 124 Å². The lowest BCUT2D eigenvalue weighted by Crippen LogP contribution is -2.61. The van der Waals surface area contributed by atoms with Crippen LogP contribution in [-0.2, 0) is 47.5 Å². The van der Waals surface area contributed by atoms with E-state index in [4.69, 9.17) is 37.9 Å². The Morgan fingerprint density at radius 3 is 2.40 bits per heavy atom. The fraction of sp³-hybridized carbons (Fsp3) is 0.640. The minimum atomic E-state index is -1.64. The Morgan fingerprint density at radius 1 is 0.881 bits per heavy atom. The molecular formula is C50H64O17. The van der Waals surface area contributed by atoms with E-state index in [9.17, 15) is 44.7 Å². The summed E-state index contributed by atoms with van der Waals surface area (Å²) in [5, 5.41) is 55.8. The van der Waals surface area contributed by atoms with Gasteiger partial charge in [-0.2, -0.15) is 0 Å². The first-order chi connectivity index (χ1) is 31.9. The molecule has 2 bridgehead atoms. The number of benzene rings is 1. The van der Waals surface area contributed by atoms with Gasteiger partial charge < -0.3 is 63.4 Å². The normalized spacial score (nSPS) is 41.6. The van der Waals surface area contributed by atoms with Crippen molar-refractivity contribution in [3.8, 4) is 5.75 Å². The molecule has 2 saturated heterocycles. The number of esters is 3. The molecule has 17 atom stereocenters. The number of hydrogen-bond acceptors (Lipinski definition) is 16. The highest BCUT2D eigenvalue weighted by Gasteiger charge is 2.60. The largest absolute Gasteiger partial charge is 0.505 e. The molecule has 0 aromatic heterocycles. The van der Waals surface area contributed by atoms with Crippen LogP contribution < -0.4 is 4.74 Å². The van der Waals surface area contributed by atoms with Gasteiger partial charge in [0.25, 0.3) is 5.76 Å². The summed E-state index contributed by atoms with van der Waals surface area (Å²) >= 11 is 0. The highest BCUT2D eigenvalue weighted by atomic mass is 16.7. The molecule has 1 aromatic rings. The second-order valence-electron chi connectivity index (χ2n) is 19.6. The molecule has 4 aliphatic heterocycles. The minimum absolute atomic E-state index is 0.0268. The number of hydrogen-bond donors (Lipinski definition) is 5. The number of allylic oxidation sites excluding steroid dienone is 2. The Bertz CT molecular complexity index is 2200. The number of aliphatic hydroxyl groups is 4. The lowest BCUT2D eigenvalue weighted by atomic mass is 9.55. The number of fused-ring (bicyclic) bond motifs is 3. The van der Waals surface area contributed by atoms with Crippen LogP contribution in [0.25, 0.3) is 0 Å². The zero-order valence-electron chi connectivity index (χ0n) is 38.8. The van der Waals surface area contributed by atoms with E-state index in [1.807, 2.05) is 25.2 Å². The van der Waals surface area contributed by atoms with Crippen molar-refractivity contribution in [3.05, 3.63) is 76.8 Å². The molecule has 8 rings (SSSR count). The third kappa shape index (κ3) is 8.96. The van der Waals surface area contributed by atoms with Gasteiger partial charge in [-0.05, 0) is 89.2 Å². The number of aliphatic hydroxyl groups excluding tert-OH is 4. The molecule has 1 aromatic carbocycles. The van der Waals surface area contributed by atoms with E-state index in [0.29, 0.717) is 43.4 Å². The maximum atomic E-state index is 14.8. The fourth-order valence-electron chi connectivity index (χ4n) is 11.6. The third-order valence-electron chi connectivity index (χ3n) is 15.4. The molecule has 1 saturated carbocycles. The van der Waals surface area contributed by atoms with Gasteiger partial charge in [-0.15, -0.1) is 0 Å². The monoisotopic (exact) mass is 936 g/mol. The molecule has 0 radical (unpaired) electrons. The van der Waals surface area contributed by atoms with Gasteiger partial charge in [0.2, 0.25) is 0 Å². The summed E-state index contributed by atoms with van der Waals surface area (Å²) < 4.78 is 48.0. The predicted molar refractivity (Wildman–Crippen MR) is 235 cm³/mol. The Labute approximate surface area is 389 Å². The van der Waals surface area contributed by atoms with Crippen LogP contribution in [0.5, 0.6) is 5.75 Å². The summed E-state index contributed by atoms with van der Waals surface area (Å²) in [5.41, 5.74) is -1.86. The van der Waals surface area contributed by atoms with Gasteiger partial charge in [-0.3, -0.25) is 4.79 Å². The molecule has 0 unspecified atom stereocenters. The van der Waals surface area contributed by atoms with Gasteiger partial charge in [0.1, 0.15) is 41.8 Å². The Kier molecular flexibility index (Phi) is 14.1. The van der Waals surface area contributed by atoms with Crippen LogP contribution in [0.3, 0.4) is 0 Å². The lowest BCUT2D eigenvalue weighted by molar-refractivity contribution is -0.343. The Hall–Kier alpha value is -4.62. The number of methoxy groups -OCH3 is 1. The number of carbonyl (C=O) groups excluding carboxylic acids is 3. The van der Waals surface area contributed by atoms with E-state index in [2.05, 4.69) is 0 Å². The van der Waals surface area contributed by atoms with E-state index in [1.165, 1.54) is 13.2 Å². The Morgan fingerprint density at radius 2 is 1.66 bits per heavy atom. The molecule has 7 aliphatic rings. The van der Waals surface area contributed by atoms with Crippen LogP contribution in [0.15, 0.2) is 65.7 Å². The third-order valence-corrected chi connectivity index (χ3v) is 15.4. The second-order valence-corrected chi connectivity index (χ2v) is 19.6. The van der Waals surface area contributed by atoms with Crippen LogP contribution in [0.1, 0.15) is 101 Å². The summed E-state index contributed by atoms with van der Waals surface area (Å²) in [6.07, 6.45) is 2.61. The number of rotatable bonds is 8. The van der Waals surface area contributed by atoms with E-state index in [-0.39, 0.29) is 41.7 Å². The second kappa shape index (κ2) is 19.4. The number of aryl methyl sites for hydroxylation is 1. The maximum absolute atomic E-state index is 14.8. The molecular weight excluding hydrogens is 873 g/mol. The lowest BCUT2D eigenvalue weighted by Gasteiger charge is -2.51. The number of ether oxygens (including phenoxy) is 8. The average molecular weight is 937 g/mol. The summed E-state index contributed by atoms with van der Waals surface area (Å²) in [4.78, 5) is 53.8. The van der Waals surface area contributed by atoms with Gasteiger partial charge in [-0.25, -0.2) is 14.4 Å². The van der Waals surface area contributed by atoms with Crippen LogP contribution in [0.2, 0.25) is 0 Å². The highest BCUT2D eigenvalue weighted by Crippen LogP contribution is 2.55. The van der Waals surface area contributed by atoms with Gasteiger partial charge >= 0.3 is 23.9 Å². The Balaban J connectivity index is 0.969. The standard InChI is InChI=1S/C50H64O17/c1-24-13-11-18-34(60-6)37(24)45(57)63-35-22-36(61-26(3)38(35)51)65-41-27(4)62-47(40(53)39(41)52)64-33-17-12-16-32-30(33)20-19-28-14-9-7-8-10-15-29-21-31(44(55)56)25(2)23-50(29)43(54)42(46(58)67-50)66-48(59)49(28,32)5/h10-11,13,15,18-21,25-30,32-33,35-36,38-41,47,51-54H,7-9,12,14,16-17,22-23H2,1-6H3,(H,55,56)/b15-10+/t25-,26+,27+,28-,29-,30+,32-,33+,35+,36-,38+,39+,40+,41+,47-,49-,50+/m0/s1. The first kappa shape index (κ1) is 48.8. The number of carboxylic acid groups (broad SMARTS) is 1. The zero-order chi connectivity index (χ0) is 48.1. The van der Waals surface area contributed by atoms with Crippen molar-refractivity contribution in [1.82, 2.24) is 0 Å². The molecule has 1 spiro atoms. The summed E-state index contributed by atoms with van der Waals surface area (Å²) in [6.45, 7) is 8.52. The van der Waals surface area contributed by atoms with E-state index in [1.54, 1.807) is 52.0 Å². The molecule has 17 heteroatoms. The molecule has 67 heavy (non-hydrogen) atoms. The molecule has 17 nitrogen and oxygen atoms in total. The van der Waals surface area contributed by atoms with Crippen molar-refractivity contribution < 1.29 is 82.6 Å². The van der Waals surface area contributed by atoms with Crippen LogP contribution in [0.4, 0.5) is 0 Å². The summed E-state index contributed by atoms with van der Waals surface area (Å²) in [7, 11) is 1.44. The van der Waals surface area contributed by atoms with Crippen LogP contribution in [0, 0.1) is 41.9 Å². The SMILES string of the molecule is COc1cccc(C)c1C(=O)O[C@@H]1C[C@H](O[C@H]2[C@H](O)[C@@H](O)[C@H](O[C@@H]3CCC[C@H]4[C@H]3C=C[C@@H]3CCCC/C=C/[C@H]5C=C(C(=O)O)[C@@H](C)C[C@@]56OC(=O)C(=C6O)OC(=O)[C@@]34C)O[C@@H]2C)O[C@H](C)[C@H]1O. The van der Waals surface area contributed by atoms with Crippen molar-refractivity contribution in [1.29, 1.82) is 0 Å². The first-order valence-corrected chi connectivity index (χ1v) is 23.6. The zero-order valence-corrected chi connectivity index (χ0v) is 38.8. The van der Waals surface area contributed by atoms with E-state index >= 15 is 0 Å². The van der Waals surface area contributed by atoms with Gasteiger partial charge in [0, 0.05) is 30.3 Å². The molecule has 4 heterocycles. The van der Waals surface area contributed by atoms with Crippen molar-refractivity contribution in [2.75, 3.05) is 7.11 Å². The minimum Gasteiger partial charge on any atom is -0.505 e. The van der Waals surface area contributed by atoms with Gasteiger partial charge in [-0.1, -0.05) is 62.3 Å². The van der Waals surface area contributed by atoms with Gasteiger partial charge in [0.05, 0.1) is 30.8 Å². The topological polar surface area (TPSA) is 243 Å². The van der Waals surface area contributed by atoms with Crippen molar-refractivity contribution in [3.63, 3.8) is 0 Å². The molecule has 3 aliphatic carbocycles. The van der Waals surface area contributed by atoms with Crippen LogP contribution >= 0.6 is 0 Å². The average Bonchev–Trinajstić information content (AvgIpc) is 3.51. The highest BCUT2D eigenvalue weighted by molar-refractivity contribution is 5.95. The number of carboxylic acids is 1. The molecule has 5 N–H and O–H groups in total.